The molecule has 0 spiro atoms. The molecule has 2 aromatic rings. The van der Waals surface area contributed by atoms with Gasteiger partial charge in [-0.25, -0.2) is 0 Å². The third-order valence-electron chi connectivity index (χ3n) is 3.39. The van der Waals surface area contributed by atoms with Gasteiger partial charge < -0.3 is 5.32 Å². The fraction of sp³-hybridized carbons (Fsp3) is 0.154. The van der Waals surface area contributed by atoms with Crippen LogP contribution in [0.5, 0.6) is 0 Å². The largest absolute Gasteiger partial charge is 0.321 e. The minimum Gasteiger partial charge on any atom is -0.321 e. The van der Waals surface area contributed by atoms with E-state index in [0.717, 1.165) is 15.7 Å². The van der Waals surface area contributed by atoms with Gasteiger partial charge in [-0.15, -0.1) is 0 Å². The van der Waals surface area contributed by atoms with Crippen molar-refractivity contribution in [2.45, 2.75) is 6.54 Å². The molecule has 4 rings (SSSR count). The molecule has 0 aliphatic carbocycles. The summed E-state index contributed by atoms with van der Waals surface area (Å²) in [7, 11) is 0. The number of nitrogens with zero attached hydrogens (tertiary/aromatic N) is 2. The number of thiazole rings is 1. The maximum Gasteiger partial charge on any atom is 0.271 e. The molecule has 0 radical (unpaired) electrons. The molecular formula is C13H8BrN3O2S. The summed E-state index contributed by atoms with van der Waals surface area (Å²) >= 11 is 4.69. The monoisotopic (exact) mass is 349 g/mol. The first-order valence-electron chi connectivity index (χ1n) is 6.05. The second kappa shape index (κ2) is 4.13. The normalized spacial score (nSPS) is 18.6. The van der Waals surface area contributed by atoms with E-state index in [4.69, 9.17) is 0 Å². The highest BCUT2D eigenvalue weighted by Crippen LogP contribution is 2.32. The smallest absolute Gasteiger partial charge is 0.271 e. The van der Waals surface area contributed by atoms with Crippen molar-refractivity contribution in [3.8, 4) is 0 Å². The number of fused-ring (bicyclic) bond motifs is 2. The first kappa shape index (κ1) is 12.0. The van der Waals surface area contributed by atoms with Crippen LogP contribution < -0.4 is 20.2 Å². The molecule has 1 amide bonds. The number of rotatable bonds is 0. The lowest BCUT2D eigenvalue weighted by molar-refractivity contribution is -0.110. The molecule has 1 aromatic heterocycles. The van der Waals surface area contributed by atoms with Crippen LogP contribution in [0.15, 0.2) is 32.5 Å². The lowest BCUT2D eigenvalue weighted by atomic mass is 10.1. The average Bonchev–Trinajstić information content (AvgIpc) is 3.05. The molecule has 3 heterocycles. The topological polar surface area (TPSA) is 63.5 Å². The summed E-state index contributed by atoms with van der Waals surface area (Å²) in [6, 6.07) is 5.54. The Labute approximate surface area is 125 Å². The molecule has 0 fully saturated rings. The summed E-state index contributed by atoms with van der Waals surface area (Å²) in [6.45, 7) is 1.25. The molecule has 5 nitrogen and oxygen atoms in total. The Kier molecular flexibility index (Phi) is 2.49. The predicted octanol–water partition coefficient (Wildman–Crippen LogP) is 0.457. The fourth-order valence-electron chi connectivity index (χ4n) is 2.48. The number of carbonyl (C=O) groups is 1. The van der Waals surface area contributed by atoms with Gasteiger partial charge in [-0.2, -0.15) is 0 Å². The van der Waals surface area contributed by atoms with Gasteiger partial charge in [0.05, 0.1) is 12.1 Å². The van der Waals surface area contributed by atoms with Crippen LogP contribution in [0, 0.1) is 0 Å². The number of aromatic nitrogens is 1. The number of carbonyl (C=O) groups excluding carboxylic acids is 1. The Balaban J connectivity index is 2.14. The minimum atomic E-state index is -0.226. The van der Waals surface area contributed by atoms with Gasteiger partial charge in [0, 0.05) is 22.3 Å². The van der Waals surface area contributed by atoms with E-state index < -0.39 is 0 Å². The predicted molar refractivity (Wildman–Crippen MR) is 79.5 cm³/mol. The third kappa shape index (κ3) is 1.56. The molecule has 1 aromatic carbocycles. The van der Waals surface area contributed by atoms with Crippen molar-refractivity contribution in [3.05, 3.63) is 47.9 Å². The lowest BCUT2D eigenvalue weighted by Gasteiger charge is -1.97. The second-order valence-corrected chi connectivity index (χ2v) is 6.46. The molecule has 0 saturated carbocycles. The van der Waals surface area contributed by atoms with E-state index in [1.54, 1.807) is 4.57 Å². The second-order valence-electron chi connectivity index (χ2n) is 4.57. The van der Waals surface area contributed by atoms with E-state index in [0.29, 0.717) is 28.0 Å². The molecular weight excluding hydrogens is 342 g/mol. The summed E-state index contributed by atoms with van der Waals surface area (Å²) < 4.78 is 2.98. The molecule has 0 saturated heterocycles. The van der Waals surface area contributed by atoms with Crippen molar-refractivity contribution >= 4 is 44.4 Å². The molecule has 1 N–H and O–H groups in total. The molecule has 7 heteroatoms. The van der Waals surface area contributed by atoms with E-state index in [9.17, 15) is 9.59 Å². The minimum absolute atomic E-state index is 0.121. The highest BCUT2D eigenvalue weighted by molar-refractivity contribution is 9.10. The van der Waals surface area contributed by atoms with Crippen molar-refractivity contribution < 1.29 is 4.79 Å². The van der Waals surface area contributed by atoms with Gasteiger partial charge >= 0.3 is 0 Å². The van der Waals surface area contributed by atoms with Gasteiger partial charge in [0.25, 0.3) is 11.5 Å². The average molecular weight is 350 g/mol. The number of halogens is 1. The number of hydrogen-bond donors (Lipinski definition) is 1. The van der Waals surface area contributed by atoms with Crippen LogP contribution in [0.25, 0.3) is 5.57 Å². The fourth-order valence-corrected chi connectivity index (χ4v) is 3.97. The molecule has 0 bridgehead atoms. The van der Waals surface area contributed by atoms with Gasteiger partial charge in [0.2, 0.25) is 0 Å². The number of hydrogen-bond acceptors (Lipinski definition) is 4. The van der Waals surface area contributed by atoms with Gasteiger partial charge in [0.1, 0.15) is 4.53 Å². The van der Waals surface area contributed by atoms with Gasteiger partial charge in [-0.05, 0) is 18.2 Å². The van der Waals surface area contributed by atoms with Gasteiger partial charge in [-0.1, -0.05) is 27.3 Å². The highest BCUT2D eigenvalue weighted by Gasteiger charge is 2.27. The number of nitrogens with one attached hydrogen (secondary N) is 1. The van der Waals surface area contributed by atoms with Crippen molar-refractivity contribution in [3.63, 3.8) is 0 Å². The van der Waals surface area contributed by atoms with E-state index >= 15 is 0 Å². The summed E-state index contributed by atoms with van der Waals surface area (Å²) in [5.74, 6) is -0.226. The van der Waals surface area contributed by atoms with Crippen LogP contribution in [-0.4, -0.2) is 17.0 Å². The molecule has 2 aliphatic heterocycles. The zero-order valence-corrected chi connectivity index (χ0v) is 12.5. The van der Waals surface area contributed by atoms with Crippen LogP contribution in [0.2, 0.25) is 0 Å². The van der Waals surface area contributed by atoms with Crippen molar-refractivity contribution in [1.29, 1.82) is 0 Å². The SMILES string of the molecule is O=C1Nc2ccc(Br)cc2C1=c1sc2n(c1=O)CCN=2. The van der Waals surface area contributed by atoms with Crippen LogP contribution in [0.4, 0.5) is 5.69 Å². The Morgan fingerprint density at radius 2 is 2.20 bits per heavy atom. The highest BCUT2D eigenvalue weighted by atomic mass is 79.9. The first-order valence-corrected chi connectivity index (χ1v) is 7.66. The van der Waals surface area contributed by atoms with Crippen molar-refractivity contribution in [2.24, 2.45) is 4.99 Å². The zero-order chi connectivity index (χ0) is 13.9. The Morgan fingerprint density at radius 3 is 3.00 bits per heavy atom. The first-order chi connectivity index (χ1) is 9.65. The Hall–Kier alpha value is -1.73. The number of anilines is 1. The van der Waals surface area contributed by atoms with Crippen LogP contribution in [0.3, 0.4) is 0 Å². The number of benzene rings is 1. The van der Waals surface area contributed by atoms with E-state index in [1.165, 1.54) is 11.3 Å². The molecule has 100 valence electrons. The van der Waals surface area contributed by atoms with Gasteiger partial charge in [-0.3, -0.25) is 19.1 Å². The maximum atomic E-state index is 12.4. The Morgan fingerprint density at radius 1 is 1.35 bits per heavy atom. The number of amides is 1. The quantitative estimate of drug-likeness (QED) is 0.750. The molecule has 2 aliphatic rings. The van der Waals surface area contributed by atoms with Crippen molar-refractivity contribution in [2.75, 3.05) is 11.9 Å². The van der Waals surface area contributed by atoms with Gasteiger partial charge in [0.15, 0.2) is 4.80 Å². The summed E-state index contributed by atoms with van der Waals surface area (Å²) in [4.78, 5) is 29.6. The molecule has 20 heavy (non-hydrogen) atoms. The summed E-state index contributed by atoms with van der Waals surface area (Å²) in [5, 5.41) is 2.80. The Bertz CT molecular complexity index is 942. The van der Waals surface area contributed by atoms with Crippen LogP contribution in [-0.2, 0) is 11.3 Å². The molecule has 0 unspecified atom stereocenters. The van der Waals surface area contributed by atoms with E-state index in [2.05, 4.69) is 26.2 Å². The maximum absolute atomic E-state index is 12.4. The zero-order valence-electron chi connectivity index (χ0n) is 10.1. The van der Waals surface area contributed by atoms with Crippen LogP contribution >= 0.6 is 27.3 Å². The van der Waals surface area contributed by atoms with Crippen LogP contribution in [0.1, 0.15) is 5.56 Å². The summed E-state index contributed by atoms with van der Waals surface area (Å²) in [6.07, 6.45) is 0. The third-order valence-corrected chi connectivity index (χ3v) is 5.00. The lowest BCUT2D eigenvalue weighted by Crippen LogP contribution is -2.32. The van der Waals surface area contributed by atoms with E-state index in [1.807, 2.05) is 18.2 Å². The molecule has 0 atom stereocenters. The summed E-state index contributed by atoms with van der Waals surface area (Å²) in [5.41, 5.74) is 1.84. The van der Waals surface area contributed by atoms with E-state index in [-0.39, 0.29) is 11.5 Å². The standard InChI is InChI=1S/C13H8BrN3O2S/c14-6-1-2-8-7(5-6)9(11(18)16-8)10-12(19)17-4-3-15-13(17)20-10/h1-2,5H,3-4H2,(H,16,18). The van der Waals surface area contributed by atoms with Crippen molar-refractivity contribution in [1.82, 2.24) is 4.57 Å².